The molecule has 10 nitrogen and oxygen atoms in total. The highest BCUT2D eigenvalue weighted by Crippen LogP contribution is 2.31. The minimum absolute atomic E-state index is 0.0990. The van der Waals surface area contributed by atoms with Crippen molar-refractivity contribution in [2.45, 2.75) is 36.9 Å². The van der Waals surface area contributed by atoms with Gasteiger partial charge in [-0.05, 0) is 48.6 Å². The highest BCUT2D eigenvalue weighted by Gasteiger charge is 2.25. The lowest BCUT2D eigenvalue weighted by molar-refractivity contribution is -0.154. The van der Waals surface area contributed by atoms with Crippen LogP contribution < -0.4 is 16.0 Å². The molecule has 1 heterocycles. The number of aromatic nitrogens is 1. The maximum atomic E-state index is 12.3. The van der Waals surface area contributed by atoms with Gasteiger partial charge in [-0.2, -0.15) is 0 Å². The van der Waals surface area contributed by atoms with Crippen molar-refractivity contribution in [3.63, 3.8) is 0 Å². The predicted molar refractivity (Wildman–Crippen MR) is 148 cm³/mol. The number of carbonyl (C=O) groups excluding carboxylic acids is 2. The quantitative estimate of drug-likeness (QED) is 0.147. The van der Waals surface area contributed by atoms with Gasteiger partial charge in [0.25, 0.3) is 0 Å². The van der Waals surface area contributed by atoms with E-state index in [2.05, 4.69) is 27.9 Å². The zero-order chi connectivity index (χ0) is 27.5. The smallest absolute Gasteiger partial charge is 0.318 e. The molecule has 0 radical (unpaired) electrons. The fourth-order valence-electron chi connectivity index (χ4n) is 3.49. The van der Waals surface area contributed by atoms with Crippen molar-refractivity contribution in [1.29, 1.82) is 0 Å². The van der Waals surface area contributed by atoms with Crippen LogP contribution in [0.15, 0.2) is 46.8 Å². The number of carboxylic acids is 2. The van der Waals surface area contributed by atoms with Crippen molar-refractivity contribution in [3.05, 3.63) is 53.6 Å². The van der Waals surface area contributed by atoms with Crippen molar-refractivity contribution in [2.24, 2.45) is 5.92 Å². The number of benzene rings is 2. The van der Waals surface area contributed by atoms with Gasteiger partial charge < -0.3 is 26.2 Å². The Morgan fingerprint density at radius 1 is 0.974 bits per heavy atom. The Morgan fingerprint density at radius 3 is 2.34 bits per heavy atom. The molecule has 5 N–H and O–H groups in total. The van der Waals surface area contributed by atoms with Gasteiger partial charge in [0.1, 0.15) is 0 Å². The van der Waals surface area contributed by atoms with Gasteiger partial charge in [-0.3, -0.25) is 14.4 Å². The minimum Gasteiger partial charge on any atom is -0.481 e. The monoisotopic (exact) mass is 558 g/mol. The molecule has 2 aromatic carbocycles. The summed E-state index contributed by atoms with van der Waals surface area (Å²) in [7, 11) is 0. The SMILES string of the molecule is CCCSc1nc2ccc(NC(=O)CCNC(=O)NCCc3ccc(CC(C(=O)O)C(=O)O)cc3)cc2s1. The number of fused-ring (bicyclic) bond motifs is 1. The van der Waals surface area contributed by atoms with Crippen LogP contribution in [0.25, 0.3) is 10.2 Å². The maximum absolute atomic E-state index is 12.3. The Kier molecular flexibility index (Phi) is 10.9. The van der Waals surface area contributed by atoms with Crippen LogP contribution in [-0.4, -0.2) is 57.9 Å². The molecule has 0 aliphatic rings. The number of amides is 3. The van der Waals surface area contributed by atoms with E-state index in [4.69, 9.17) is 10.2 Å². The molecule has 0 spiro atoms. The van der Waals surface area contributed by atoms with Gasteiger partial charge in [-0.1, -0.05) is 43.0 Å². The Labute approximate surface area is 228 Å². The second-order valence-electron chi connectivity index (χ2n) is 8.49. The van der Waals surface area contributed by atoms with Gasteiger partial charge in [0.15, 0.2) is 10.3 Å². The molecule has 0 unspecified atom stereocenters. The molecule has 3 rings (SSSR count). The van der Waals surface area contributed by atoms with Crippen LogP contribution in [0.4, 0.5) is 10.5 Å². The van der Waals surface area contributed by atoms with Crippen LogP contribution in [0.2, 0.25) is 0 Å². The first-order valence-corrected chi connectivity index (χ1v) is 13.9. The lowest BCUT2D eigenvalue weighted by atomic mass is 9.98. The number of hydrogen-bond donors (Lipinski definition) is 5. The van der Waals surface area contributed by atoms with Gasteiger partial charge in [0.2, 0.25) is 5.91 Å². The first-order chi connectivity index (χ1) is 18.2. The maximum Gasteiger partial charge on any atom is 0.318 e. The highest BCUT2D eigenvalue weighted by molar-refractivity contribution is 8.01. The van der Waals surface area contributed by atoms with Crippen LogP contribution in [0, 0.1) is 5.92 Å². The summed E-state index contributed by atoms with van der Waals surface area (Å²) >= 11 is 3.33. The van der Waals surface area contributed by atoms with Gasteiger partial charge in [0, 0.05) is 31.0 Å². The van der Waals surface area contributed by atoms with E-state index in [9.17, 15) is 19.2 Å². The molecular weight excluding hydrogens is 528 g/mol. The van der Waals surface area contributed by atoms with Crippen molar-refractivity contribution in [3.8, 4) is 0 Å². The largest absolute Gasteiger partial charge is 0.481 e. The van der Waals surface area contributed by atoms with Crippen LogP contribution >= 0.6 is 23.1 Å². The fourth-order valence-corrected chi connectivity index (χ4v) is 5.52. The second-order valence-corrected chi connectivity index (χ2v) is 10.9. The zero-order valence-electron chi connectivity index (χ0n) is 20.9. The summed E-state index contributed by atoms with van der Waals surface area (Å²) < 4.78 is 2.03. The lowest BCUT2D eigenvalue weighted by Crippen LogP contribution is -2.38. The van der Waals surface area contributed by atoms with Crippen LogP contribution in [0.5, 0.6) is 0 Å². The van der Waals surface area contributed by atoms with Crippen LogP contribution in [-0.2, 0) is 27.2 Å². The molecule has 1 aromatic heterocycles. The Hall–Kier alpha value is -3.64. The molecule has 0 saturated heterocycles. The molecule has 202 valence electrons. The summed E-state index contributed by atoms with van der Waals surface area (Å²) in [6.07, 6.45) is 1.64. The summed E-state index contributed by atoms with van der Waals surface area (Å²) in [5.41, 5.74) is 3.11. The number of carboxylic acid groups (broad SMARTS) is 2. The average Bonchev–Trinajstić information content (AvgIpc) is 3.28. The molecule has 3 aromatic rings. The molecule has 0 bridgehead atoms. The van der Waals surface area contributed by atoms with E-state index in [1.165, 1.54) is 0 Å². The van der Waals surface area contributed by atoms with E-state index < -0.39 is 17.9 Å². The topological polar surface area (TPSA) is 158 Å². The van der Waals surface area contributed by atoms with Gasteiger partial charge in [-0.15, -0.1) is 11.3 Å². The molecule has 0 fully saturated rings. The van der Waals surface area contributed by atoms with Gasteiger partial charge in [-0.25, -0.2) is 9.78 Å². The van der Waals surface area contributed by atoms with E-state index >= 15 is 0 Å². The number of thioether (sulfide) groups is 1. The third-order valence-electron chi connectivity index (χ3n) is 5.48. The van der Waals surface area contributed by atoms with E-state index in [0.29, 0.717) is 24.2 Å². The molecule has 0 aliphatic heterocycles. The Bertz CT molecular complexity index is 1260. The first-order valence-electron chi connectivity index (χ1n) is 12.1. The van der Waals surface area contributed by atoms with Crippen molar-refractivity contribution in [2.75, 3.05) is 24.2 Å². The fraction of sp³-hybridized carbons (Fsp3) is 0.346. The molecule has 0 atom stereocenters. The minimum atomic E-state index is -1.49. The standard InChI is InChI=1S/C26H30N4O6S2/c1-2-13-37-26-30-20-8-7-18(15-21(20)38-26)29-22(31)10-12-28-25(36)27-11-9-16-3-5-17(6-4-16)14-19(23(32)33)24(34)35/h3-8,15,19H,2,9-14H2,1H3,(H,29,31)(H,32,33)(H,34,35)(H2,27,28,36). The number of aliphatic carboxylic acids is 2. The van der Waals surface area contributed by atoms with Gasteiger partial charge in [0.05, 0.1) is 10.2 Å². The third kappa shape index (κ3) is 9.03. The third-order valence-corrected chi connectivity index (χ3v) is 7.85. The second kappa shape index (κ2) is 14.3. The number of urea groups is 1. The molecule has 0 saturated carbocycles. The molecule has 12 heteroatoms. The van der Waals surface area contributed by atoms with Crippen molar-refractivity contribution < 1.29 is 29.4 Å². The van der Waals surface area contributed by atoms with E-state index in [1.807, 2.05) is 18.2 Å². The summed E-state index contributed by atoms with van der Waals surface area (Å²) in [5, 5.41) is 26.2. The lowest BCUT2D eigenvalue weighted by Gasteiger charge is -2.10. The first kappa shape index (κ1) is 28.9. The van der Waals surface area contributed by atoms with Crippen LogP contribution in [0.3, 0.4) is 0 Å². The molecule has 0 aliphatic carbocycles. The normalized spacial score (nSPS) is 10.9. The Morgan fingerprint density at radius 2 is 1.66 bits per heavy atom. The number of anilines is 1. The number of nitrogens with one attached hydrogen (secondary N) is 3. The van der Waals surface area contributed by atoms with Crippen molar-refractivity contribution >= 4 is 62.9 Å². The summed E-state index contributed by atoms with van der Waals surface area (Å²) in [6.45, 7) is 2.67. The van der Waals surface area contributed by atoms with Crippen molar-refractivity contribution in [1.82, 2.24) is 15.6 Å². The predicted octanol–water partition coefficient (Wildman–Crippen LogP) is 4.00. The zero-order valence-corrected chi connectivity index (χ0v) is 22.5. The summed E-state index contributed by atoms with van der Waals surface area (Å²) in [6, 6.07) is 12.1. The molecule has 38 heavy (non-hydrogen) atoms. The molecular formula is C26H30N4O6S2. The van der Waals surface area contributed by atoms with Gasteiger partial charge >= 0.3 is 18.0 Å². The number of hydrogen-bond acceptors (Lipinski definition) is 7. The number of thiazole rings is 1. The number of carbonyl (C=O) groups is 4. The summed E-state index contributed by atoms with van der Waals surface area (Å²) in [4.78, 5) is 51.0. The average molecular weight is 559 g/mol. The molecule has 3 amide bonds. The Balaban J connectivity index is 1.34. The highest BCUT2D eigenvalue weighted by atomic mass is 32.2. The van der Waals surface area contributed by atoms with E-state index in [-0.39, 0.29) is 31.3 Å². The number of nitrogens with zero attached hydrogens (tertiary/aromatic N) is 1. The number of rotatable bonds is 14. The van der Waals surface area contributed by atoms with Crippen LogP contribution in [0.1, 0.15) is 30.9 Å². The summed E-state index contributed by atoms with van der Waals surface area (Å²) in [5.74, 6) is -3.42. The van der Waals surface area contributed by atoms with E-state index in [1.54, 1.807) is 47.4 Å². The van der Waals surface area contributed by atoms with E-state index in [0.717, 1.165) is 32.3 Å².